The number of amidine groups is 1. The highest BCUT2D eigenvalue weighted by molar-refractivity contribution is 7.90. The fraction of sp³-hybridized carbons (Fsp3) is 0.407. The van der Waals surface area contributed by atoms with Crippen molar-refractivity contribution in [1.29, 1.82) is 5.26 Å². The largest absolute Gasteiger partial charge is 0.386 e. The third kappa shape index (κ3) is 4.39. The molecule has 6 rings (SSSR count). The van der Waals surface area contributed by atoms with Crippen LogP contribution in [0.3, 0.4) is 0 Å². The molecule has 0 radical (unpaired) electrons. The topological polar surface area (TPSA) is 141 Å². The minimum absolute atomic E-state index is 0.137. The number of aromatic nitrogens is 4. The van der Waals surface area contributed by atoms with Crippen LogP contribution in [0.4, 0.5) is 0 Å². The smallest absolute Gasteiger partial charge is 0.269 e. The first kappa shape index (κ1) is 24.4. The molecule has 11 heteroatoms. The molecule has 4 aromatic rings. The van der Waals surface area contributed by atoms with Crippen molar-refractivity contribution in [2.45, 2.75) is 62.5 Å². The summed E-state index contributed by atoms with van der Waals surface area (Å²) in [7, 11) is -3.82. The van der Waals surface area contributed by atoms with Crippen LogP contribution in [0.15, 0.2) is 58.8 Å². The quantitative estimate of drug-likeness (QED) is 0.201. The average molecular weight is 532 g/mol. The highest BCUT2D eigenvalue weighted by Crippen LogP contribution is 2.38. The van der Waals surface area contributed by atoms with E-state index >= 15 is 0 Å². The van der Waals surface area contributed by atoms with Crippen molar-refractivity contribution < 1.29 is 13.3 Å². The van der Waals surface area contributed by atoms with E-state index in [2.05, 4.69) is 20.8 Å². The molecule has 0 amide bonds. The molecule has 0 bridgehead atoms. The van der Waals surface area contributed by atoms with Crippen molar-refractivity contribution in [3.63, 3.8) is 0 Å². The summed E-state index contributed by atoms with van der Waals surface area (Å²) in [5.41, 5.74) is 7.86. The number of oxime groups is 1. The van der Waals surface area contributed by atoms with Crippen LogP contribution in [0.1, 0.15) is 56.8 Å². The number of nitriles is 1. The number of hydrogen-bond donors (Lipinski definition) is 1. The molecule has 0 spiro atoms. The molecule has 1 aromatic carbocycles. The minimum atomic E-state index is -3.82. The Morgan fingerprint density at radius 2 is 1.89 bits per heavy atom. The first-order valence-corrected chi connectivity index (χ1v) is 14.4. The molecule has 0 aliphatic heterocycles. The van der Waals surface area contributed by atoms with Gasteiger partial charge in [0, 0.05) is 30.0 Å². The van der Waals surface area contributed by atoms with Gasteiger partial charge in [0.1, 0.15) is 11.4 Å². The predicted octanol–water partition coefficient (Wildman–Crippen LogP) is 4.47. The summed E-state index contributed by atoms with van der Waals surface area (Å²) in [6.45, 7) is 0.144. The van der Waals surface area contributed by atoms with E-state index < -0.39 is 10.0 Å². The van der Waals surface area contributed by atoms with Crippen LogP contribution in [0.5, 0.6) is 0 Å². The Morgan fingerprint density at radius 3 is 2.61 bits per heavy atom. The molecule has 3 aromatic heterocycles. The van der Waals surface area contributed by atoms with Crippen LogP contribution in [-0.2, 0) is 21.5 Å². The number of fused-ring (bicyclic) bond motifs is 3. The summed E-state index contributed by atoms with van der Waals surface area (Å²) in [6.07, 6.45) is 9.50. The Balaban J connectivity index is 1.44. The van der Waals surface area contributed by atoms with Crippen LogP contribution in [0, 0.1) is 23.2 Å². The molecule has 2 aliphatic rings. The van der Waals surface area contributed by atoms with E-state index in [0.717, 1.165) is 44.0 Å². The van der Waals surface area contributed by atoms with Crippen LogP contribution < -0.4 is 5.73 Å². The second-order valence-electron chi connectivity index (χ2n) is 10.2. The molecule has 38 heavy (non-hydrogen) atoms. The monoisotopic (exact) mass is 531 g/mol. The number of nitrogens with two attached hydrogens (primary N) is 1. The van der Waals surface area contributed by atoms with E-state index in [1.165, 1.54) is 3.97 Å². The third-order valence-corrected chi connectivity index (χ3v) is 9.30. The number of imidazole rings is 1. The van der Waals surface area contributed by atoms with Gasteiger partial charge in [-0.15, -0.1) is 0 Å². The van der Waals surface area contributed by atoms with Gasteiger partial charge in [-0.2, -0.15) is 5.26 Å². The fourth-order valence-electron chi connectivity index (χ4n) is 5.45. The molecule has 2 aliphatic carbocycles. The van der Waals surface area contributed by atoms with Crippen molar-refractivity contribution in [2.24, 2.45) is 22.7 Å². The van der Waals surface area contributed by atoms with Crippen molar-refractivity contribution in [3.05, 3.63) is 54.6 Å². The molecular weight excluding hydrogens is 502 g/mol. The summed E-state index contributed by atoms with van der Waals surface area (Å²) < 4.78 is 30.3. The van der Waals surface area contributed by atoms with Crippen molar-refractivity contribution in [2.75, 3.05) is 0 Å². The van der Waals surface area contributed by atoms with E-state index in [1.807, 2.05) is 0 Å². The fourth-order valence-corrected chi connectivity index (χ4v) is 6.77. The zero-order valence-corrected chi connectivity index (χ0v) is 21.7. The Bertz CT molecular complexity index is 1660. The second kappa shape index (κ2) is 9.76. The first-order valence-electron chi connectivity index (χ1n) is 13.0. The van der Waals surface area contributed by atoms with Crippen LogP contribution in [0.2, 0.25) is 0 Å². The minimum Gasteiger partial charge on any atom is -0.386 e. The maximum atomic E-state index is 13.4. The van der Waals surface area contributed by atoms with Gasteiger partial charge in [-0.3, -0.25) is 0 Å². The van der Waals surface area contributed by atoms with Crippen LogP contribution in [0.25, 0.3) is 22.1 Å². The maximum absolute atomic E-state index is 13.4. The van der Waals surface area contributed by atoms with Gasteiger partial charge in [-0.05, 0) is 62.6 Å². The molecule has 2 saturated carbocycles. The van der Waals surface area contributed by atoms with Gasteiger partial charge in [0.05, 0.1) is 22.7 Å². The Hall–Kier alpha value is -3.91. The Morgan fingerprint density at radius 1 is 1.13 bits per heavy atom. The van der Waals surface area contributed by atoms with E-state index in [0.29, 0.717) is 46.5 Å². The second-order valence-corrected chi connectivity index (χ2v) is 12.0. The lowest BCUT2D eigenvalue weighted by molar-refractivity contribution is 0.118. The lowest BCUT2D eigenvalue weighted by Crippen LogP contribution is -2.20. The average Bonchev–Trinajstić information content (AvgIpc) is 3.58. The highest BCUT2D eigenvalue weighted by atomic mass is 32.2. The lowest BCUT2D eigenvalue weighted by atomic mass is 9.84. The highest BCUT2D eigenvalue weighted by Gasteiger charge is 2.29. The summed E-state index contributed by atoms with van der Waals surface area (Å²) in [5, 5.41) is 14.0. The standard InChI is InChI=1S/C27H29N7O3S/c28-14-12-18-6-10-20(11-7-18)34-24(17-37-32-26(29)19-8-9-19)31-23-16-30-27-22(25(23)34)13-15-33(27)38(35,36)21-4-2-1-3-5-21/h1-5,13,15-16,18-20H,6-12,17H2,(H2,29,32). The zero-order chi connectivity index (χ0) is 26.3. The molecule has 0 unspecified atom stereocenters. The van der Waals surface area contributed by atoms with Gasteiger partial charge in [0.25, 0.3) is 10.0 Å². The number of benzene rings is 1. The number of nitrogens with zero attached hydrogens (tertiary/aromatic N) is 6. The summed E-state index contributed by atoms with van der Waals surface area (Å²) in [6, 6.07) is 12.6. The lowest BCUT2D eigenvalue weighted by Gasteiger charge is -2.29. The summed E-state index contributed by atoms with van der Waals surface area (Å²) in [4.78, 5) is 15.2. The van der Waals surface area contributed by atoms with E-state index in [1.54, 1.807) is 48.8 Å². The van der Waals surface area contributed by atoms with Gasteiger partial charge in [-0.25, -0.2) is 22.4 Å². The maximum Gasteiger partial charge on any atom is 0.269 e. The molecule has 10 nitrogen and oxygen atoms in total. The molecule has 0 atom stereocenters. The molecule has 2 fully saturated rings. The van der Waals surface area contributed by atoms with Gasteiger partial charge in [0.2, 0.25) is 0 Å². The SMILES string of the molecule is N#CCC1CCC(n2c(CO/N=C(\N)C3CC3)nc3cnc4c(ccn4S(=O)(=O)c4ccccc4)c32)CC1. The van der Waals surface area contributed by atoms with E-state index in [4.69, 9.17) is 20.8 Å². The van der Waals surface area contributed by atoms with E-state index in [9.17, 15) is 8.42 Å². The van der Waals surface area contributed by atoms with Crippen molar-refractivity contribution in [3.8, 4) is 6.07 Å². The Labute approximate surface area is 220 Å². The van der Waals surface area contributed by atoms with Crippen LogP contribution in [-0.4, -0.2) is 32.8 Å². The number of rotatable bonds is 8. The summed E-state index contributed by atoms with van der Waals surface area (Å²) in [5.74, 6) is 1.91. The van der Waals surface area contributed by atoms with Gasteiger partial charge in [0.15, 0.2) is 18.1 Å². The van der Waals surface area contributed by atoms with Gasteiger partial charge < -0.3 is 15.1 Å². The molecule has 0 saturated heterocycles. The molecule has 196 valence electrons. The third-order valence-electron chi connectivity index (χ3n) is 7.62. The predicted molar refractivity (Wildman–Crippen MR) is 142 cm³/mol. The molecular formula is C27H29N7O3S. The molecule has 3 heterocycles. The van der Waals surface area contributed by atoms with E-state index in [-0.39, 0.29) is 17.5 Å². The zero-order valence-electron chi connectivity index (χ0n) is 20.9. The van der Waals surface area contributed by atoms with Gasteiger partial charge in [-0.1, -0.05) is 23.4 Å². The Kier molecular flexibility index (Phi) is 6.27. The van der Waals surface area contributed by atoms with Crippen molar-refractivity contribution in [1.82, 2.24) is 18.5 Å². The number of pyridine rings is 1. The summed E-state index contributed by atoms with van der Waals surface area (Å²) >= 11 is 0. The number of hydrogen-bond acceptors (Lipinski definition) is 7. The normalized spacial score (nSPS) is 20.6. The van der Waals surface area contributed by atoms with Crippen LogP contribution >= 0.6 is 0 Å². The van der Waals surface area contributed by atoms with Gasteiger partial charge >= 0.3 is 0 Å². The van der Waals surface area contributed by atoms with Crippen molar-refractivity contribution >= 4 is 37.9 Å². The first-order chi connectivity index (χ1) is 18.5. The molecule has 2 N–H and O–H groups in total.